The number of sulfonamides is 1. The molecule has 0 saturated carbocycles. The van der Waals surface area contributed by atoms with E-state index >= 15 is 0 Å². The first kappa shape index (κ1) is 20.9. The summed E-state index contributed by atoms with van der Waals surface area (Å²) in [6.07, 6.45) is 2.12. The van der Waals surface area contributed by atoms with E-state index in [0.29, 0.717) is 35.7 Å². The monoisotopic (exact) mass is 447 g/mol. The summed E-state index contributed by atoms with van der Waals surface area (Å²) in [5, 5.41) is 9.83. The van der Waals surface area contributed by atoms with Crippen LogP contribution < -0.4 is 4.74 Å². The molecule has 0 amide bonds. The van der Waals surface area contributed by atoms with Crippen molar-refractivity contribution in [1.29, 1.82) is 0 Å². The Bertz CT molecular complexity index is 1150. The van der Waals surface area contributed by atoms with Gasteiger partial charge in [-0.25, -0.2) is 13.4 Å². The Balaban J connectivity index is 1.68. The summed E-state index contributed by atoms with van der Waals surface area (Å²) in [6.45, 7) is 0.533. The van der Waals surface area contributed by atoms with E-state index in [1.807, 2.05) is 24.3 Å². The van der Waals surface area contributed by atoms with Crippen molar-refractivity contribution in [2.75, 3.05) is 20.2 Å². The fourth-order valence-corrected chi connectivity index (χ4v) is 5.50. The van der Waals surface area contributed by atoms with Crippen LogP contribution in [0.2, 0.25) is 5.02 Å². The van der Waals surface area contributed by atoms with E-state index in [2.05, 4.69) is 9.97 Å². The number of rotatable bonds is 5. The van der Waals surface area contributed by atoms with Gasteiger partial charge in [0.15, 0.2) is 0 Å². The summed E-state index contributed by atoms with van der Waals surface area (Å²) in [5.41, 5.74) is 2.12. The molecule has 2 N–H and O–H groups in total. The topological polar surface area (TPSA) is 95.5 Å². The van der Waals surface area contributed by atoms with Gasteiger partial charge in [-0.3, -0.25) is 0 Å². The van der Waals surface area contributed by atoms with Crippen LogP contribution in [0.5, 0.6) is 5.75 Å². The maximum atomic E-state index is 13.1. The highest BCUT2D eigenvalue weighted by Gasteiger charge is 2.30. The van der Waals surface area contributed by atoms with Crippen LogP contribution in [0.15, 0.2) is 53.6 Å². The number of halogens is 1. The largest absolute Gasteiger partial charge is 0.496 e. The molecule has 1 fully saturated rings. The Kier molecular flexibility index (Phi) is 5.84. The average Bonchev–Trinajstić information content (AvgIpc) is 3.24. The maximum absolute atomic E-state index is 13.1. The first-order valence-electron chi connectivity index (χ1n) is 9.57. The summed E-state index contributed by atoms with van der Waals surface area (Å²) >= 11 is 6.25. The Hall–Kier alpha value is -2.39. The van der Waals surface area contributed by atoms with E-state index in [1.54, 1.807) is 25.4 Å². The number of hydrogen-bond donors (Lipinski definition) is 2. The summed E-state index contributed by atoms with van der Waals surface area (Å²) in [4.78, 5) is 7.75. The van der Waals surface area contributed by atoms with Crippen LogP contribution in [0.4, 0.5) is 0 Å². The second-order valence-electron chi connectivity index (χ2n) is 7.12. The quantitative estimate of drug-likeness (QED) is 0.623. The number of nitrogens with zero attached hydrogens (tertiary/aromatic N) is 2. The second kappa shape index (κ2) is 8.39. The lowest BCUT2D eigenvalue weighted by molar-refractivity contribution is 0.113. The van der Waals surface area contributed by atoms with Crippen LogP contribution in [0, 0.1) is 0 Å². The number of imidazole rings is 1. The molecule has 2 heterocycles. The predicted octanol–water partition coefficient (Wildman–Crippen LogP) is 3.55. The number of benzene rings is 2. The SMILES string of the molecule is COc1ccccc1-c1c[nH]c(-c2ccc(Cl)c(S(=O)(=O)N3CCC(O)CC3)c2)n1. The van der Waals surface area contributed by atoms with Crippen molar-refractivity contribution in [1.82, 2.24) is 14.3 Å². The van der Waals surface area contributed by atoms with Crippen molar-refractivity contribution in [2.45, 2.75) is 23.8 Å². The molecule has 7 nitrogen and oxygen atoms in total. The van der Waals surface area contributed by atoms with Gasteiger partial charge in [-0.05, 0) is 43.2 Å². The lowest BCUT2D eigenvalue weighted by Crippen LogP contribution is -2.40. The van der Waals surface area contributed by atoms with Gasteiger partial charge in [0, 0.05) is 30.4 Å². The number of hydrogen-bond acceptors (Lipinski definition) is 5. The first-order valence-corrected chi connectivity index (χ1v) is 11.4. The zero-order valence-electron chi connectivity index (χ0n) is 16.4. The van der Waals surface area contributed by atoms with Crippen molar-refractivity contribution in [3.8, 4) is 28.4 Å². The normalized spacial score (nSPS) is 16.0. The maximum Gasteiger partial charge on any atom is 0.244 e. The summed E-state index contributed by atoms with van der Waals surface area (Å²) in [7, 11) is -2.17. The van der Waals surface area contributed by atoms with Crippen LogP contribution in [-0.4, -0.2) is 54.1 Å². The zero-order chi connectivity index (χ0) is 21.3. The number of nitrogens with one attached hydrogen (secondary N) is 1. The van der Waals surface area contributed by atoms with Crippen molar-refractivity contribution in [3.63, 3.8) is 0 Å². The number of para-hydroxylation sites is 1. The molecule has 1 aliphatic rings. The van der Waals surface area contributed by atoms with Gasteiger partial charge >= 0.3 is 0 Å². The van der Waals surface area contributed by atoms with Crippen LogP contribution in [0.1, 0.15) is 12.8 Å². The van der Waals surface area contributed by atoms with Crippen molar-refractivity contribution >= 4 is 21.6 Å². The first-order chi connectivity index (χ1) is 14.4. The molecule has 0 unspecified atom stereocenters. The highest BCUT2D eigenvalue weighted by atomic mass is 35.5. The Labute approximate surface area is 180 Å². The van der Waals surface area contributed by atoms with E-state index in [4.69, 9.17) is 16.3 Å². The van der Waals surface area contributed by atoms with Crippen LogP contribution in [-0.2, 0) is 10.0 Å². The molecular weight excluding hydrogens is 426 g/mol. The number of aromatic amines is 1. The molecule has 0 radical (unpaired) electrons. The number of aromatic nitrogens is 2. The van der Waals surface area contributed by atoms with Crippen molar-refractivity contribution in [3.05, 3.63) is 53.7 Å². The van der Waals surface area contributed by atoms with Gasteiger partial charge in [0.2, 0.25) is 10.0 Å². The minimum atomic E-state index is -3.77. The van der Waals surface area contributed by atoms with Gasteiger partial charge < -0.3 is 14.8 Å². The molecule has 4 rings (SSSR count). The molecule has 0 aliphatic carbocycles. The summed E-state index contributed by atoms with van der Waals surface area (Å²) in [6, 6.07) is 12.4. The fraction of sp³-hybridized carbons (Fsp3) is 0.286. The summed E-state index contributed by atoms with van der Waals surface area (Å²) in [5.74, 6) is 1.22. The molecule has 1 aromatic heterocycles. The Morgan fingerprint density at radius 2 is 1.93 bits per heavy atom. The van der Waals surface area contributed by atoms with Crippen molar-refractivity contribution < 1.29 is 18.3 Å². The third-order valence-corrected chi connectivity index (χ3v) is 7.59. The average molecular weight is 448 g/mol. The number of aliphatic hydroxyl groups is 1. The molecule has 1 saturated heterocycles. The zero-order valence-corrected chi connectivity index (χ0v) is 17.9. The van der Waals surface area contributed by atoms with Gasteiger partial charge in [-0.2, -0.15) is 4.31 Å². The lowest BCUT2D eigenvalue weighted by atomic mass is 10.1. The Morgan fingerprint density at radius 3 is 2.67 bits per heavy atom. The van der Waals surface area contributed by atoms with Gasteiger partial charge in [0.25, 0.3) is 0 Å². The third kappa shape index (κ3) is 3.96. The van der Waals surface area contributed by atoms with Crippen LogP contribution in [0.3, 0.4) is 0 Å². The standard InChI is InChI=1S/C21H22ClN3O4S/c1-29-19-5-3-2-4-16(19)18-13-23-21(24-18)14-6-7-17(22)20(12-14)30(27,28)25-10-8-15(26)9-11-25/h2-7,12-13,15,26H,8-11H2,1H3,(H,23,24). The van der Waals surface area contributed by atoms with E-state index in [-0.39, 0.29) is 23.0 Å². The number of aliphatic hydroxyl groups excluding tert-OH is 1. The number of H-pyrrole nitrogens is 1. The van der Waals surface area contributed by atoms with E-state index in [1.165, 1.54) is 10.4 Å². The minimum Gasteiger partial charge on any atom is -0.496 e. The molecule has 0 spiro atoms. The number of ether oxygens (including phenoxy) is 1. The fourth-order valence-electron chi connectivity index (χ4n) is 3.53. The third-order valence-electron chi connectivity index (χ3n) is 5.21. The molecular formula is C21H22ClN3O4S. The van der Waals surface area contributed by atoms with Gasteiger partial charge in [0.1, 0.15) is 16.5 Å². The van der Waals surface area contributed by atoms with E-state index in [0.717, 1.165) is 5.56 Å². The lowest BCUT2D eigenvalue weighted by Gasteiger charge is -2.29. The van der Waals surface area contributed by atoms with Gasteiger partial charge in [-0.15, -0.1) is 0 Å². The second-order valence-corrected chi connectivity index (χ2v) is 9.43. The minimum absolute atomic E-state index is 0.0355. The van der Waals surface area contributed by atoms with Crippen molar-refractivity contribution in [2.24, 2.45) is 0 Å². The molecule has 0 atom stereocenters. The van der Waals surface area contributed by atoms with Crippen LogP contribution >= 0.6 is 11.6 Å². The molecule has 3 aromatic rings. The molecule has 0 bridgehead atoms. The predicted molar refractivity (Wildman–Crippen MR) is 115 cm³/mol. The molecule has 30 heavy (non-hydrogen) atoms. The van der Waals surface area contributed by atoms with Crippen LogP contribution in [0.25, 0.3) is 22.6 Å². The van der Waals surface area contributed by atoms with Gasteiger partial charge in [0.05, 0.1) is 23.9 Å². The Morgan fingerprint density at radius 1 is 1.20 bits per heavy atom. The highest BCUT2D eigenvalue weighted by Crippen LogP contribution is 2.33. The van der Waals surface area contributed by atoms with E-state index in [9.17, 15) is 13.5 Å². The molecule has 2 aromatic carbocycles. The summed E-state index contributed by atoms with van der Waals surface area (Å²) < 4.78 is 33.0. The van der Waals surface area contributed by atoms with Gasteiger partial charge in [-0.1, -0.05) is 23.7 Å². The molecule has 158 valence electrons. The number of methoxy groups -OCH3 is 1. The molecule has 1 aliphatic heterocycles. The van der Waals surface area contributed by atoms with E-state index < -0.39 is 16.1 Å². The number of piperidine rings is 1. The molecule has 9 heteroatoms. The smallest absolute Gasteiger partial charge is 0.244 e. The highest BCUT2D eigenvalue weighted by molar-refractivity contribution is 7.89.